The van der Waals surface area contributed by atoms with Gasteiger partial charge in [-0.05, 0) is 50.3 Å². The number of carbonyl (C=O) groups excluding carboxylic acids is 1. The minimum Gasteiger partial charge on any atom is -0.487 e. The number of amides is 1. The zero-order valence-electron chi connectivity index (χ0n) is 15.9. The summed E-state index contributed by atoms with van der Waals surface area (Å²) in [6, 6.07) is 4.31. The Morgan fingerprint density at radius 3 is 2.65 bits per heavy atom. The van der Waals surface area contributed by atoms with Crippen molar-refractivity contribution < 1.29 is 14.5 Å². The zero-order valence-corrected chi connectivity index (χ0v) is 15.9. The average Bonchev–Trinajstić information content (AvgIpc) is 2.58. The normalized spacial score (nSPS) is 20.6. The van der Waals surface area contributed by atoms with Crippen LogP contribution < -0.4 is 10.1 Å². The summed E-state index contributed by atoms with van der Waals surface area (Å²) in [5.41, 5.74) is 0.0937. The molecule has 0 aliphatic carbocycles. The lowest BCUT2D eigenvalue weighted by molar-refractivity contribution is -0.385. The van der Waals surface area contributed by atoms with Crippen molar-refractivity contribution in [1.29, 1.82) is 0 Å². The van der Waals surface area contributed by atoms with Crippen molar-refractivity contribution in [3.8, 4) is 5.75 Å². The van der Waals surface area contributed by atoms with Crippen molar-refractivity contribution in [2.45, 2.75) is 33.6 Å². The first-order valence-corrected chi connectivity index (χ1v) is 9.32. The summed E-state index contributed by atoms with van der Waals surface area (Å²) < 4.78 is 5.24. The Morgan fingerprint density at radius 2 is 2.04 bits per heavy atom. The third-order valence-corrected chi connectivity index (χ3v) is 4.60. The maximum Gasteiger partial charge on any atom is 0.311 e. The Balaban J connectivity index is 1.84. The van der Waals surface area contributed by atoms with E-state index in [9.17, 15) is 14.9 Å². The molecule has 1 amide bonds. The number of nitro benzene ring substituents is 1. The van der Waals surface area contributed by atoms with Crippen LogP contribution in [0.4, 0.5) is 5.69 Å². The molecule has 1 fully saturated rings. The molecule has 0 bridgehead atoms. The summed E-state index contributed by atoms with van der Waals surface area (Å²) >= 11 is 0. The van der Waals surface area contributed by atoms with Gasteiger partial charge in [0.25, 0.3) is 5.91 Å². The molecule has 1 aromatic rings. The fourth-order valence-corrected chi connectivity index (χ4v) is 3.66. The minimum absolute atomic E-state index is 0.183. The van der Waals surface area contributed by atoms with E-state index in [1.807, 2.05) is 0 Å². The molecule has 0 spiro atoms. The van der Waals surface area contributed by atoms with Crippen LogP contribution in [0.15, 0.2) is 18.2 Å². The first kappa shape index (κ1) is 20.2. The molecule has 0 aromatic heterocycles. The van der Waals surface area contributed by atoms with E-state index < -0.39 is 4.92 Å². The molecule has 2 atom stereocenters. The summed E-state index contributed by atoms with van der Waals surface area (Å²) in [5, 5.41) is 14.0. The van der Waals surface area contributed by atoms with Crippen LogP contribution in [0.5, 0.6) is 5.75 Å². The van der Waals surface area contributed by atoms with E-state index >= 15 is 0 Å². The molecular formula is C19H29N3O4. The van der Waals surface area contributed by atoms with Gasteiger partial charge in [-0.1, -0.05) is 13.8 Å². The van der Waals surface area contributed by atoms with E-state index in [0.29, 0.717) is 13.2 Å². The van der Waals surface area contributed by atoms with E-state index in [2.05, 4.69) is 24.1 Å². The third-order valence-electron chi connectivity index (χ3n) is 4.60. The quantitative estimate of drug-likeness (QED) is 0.436. The van der Waals surface area contributed by atoms with E-state index in [4.69, 9.17) is 4.74 Å². The first-order chi connectivity index (χ1) is 12.4. The average molecular weight is 363 g/mol. The number of piperidine rings is 1. The maximum atomic E-state index is 12.3. The molecule has 1 aliphatic heterocycles. The number of nitrogens with zero attached hydrogens (tertiary/aromatic N) is 2. The van der Waals surface area contributed by atoms with Crippen LogP contribution in [0, 0.1) is 22.0 Å². The second-order valence-corrected chi connectivity index (χ2v) is 7.19. The van der Waals surface area contributed by atoms with Gasteiger partial charge in [0, 0.05) is 31.3 Å². The number of benzene rings is 1. The van der Waals surface area contributed by atoms with E-state index in [0.717, 1.165) is 37.9 Å². The van der Waals surface area contributed by atoms with Gasteiger partial charge in [-0.3, -0.25) is 14.9 Å². The highest BCUT2D eigenvalue weighted by atomic mass is 16.6. The lowest BCUT2D eigenvalue weighted by Gasteiger charge is -2.34. The third kappa shape index (κ3) is 5.69. The van der Waals surface area contributed by atoms with Crippen LogP contribution in [0.1, 0.15) is 44.0 Å². The molecule has 1 saturated heterocycles. The molecule has 0 radical (unpaired) electrons. The summed E-state index contributed by atoms with van der Waals surface area (Å²) in [6.07, 6.45) is 2.15. The topological polar surface area (TPSA) is 84.7 Å². The summed E-state index contributed by atoms with van der Waals surface area (Å²) in [4.78, 5) is 25.3. The van der Waals surface area contributed by atoms with Crippen molar-refractivity contribution in [2.24, 2.45) is 11.8 Å². The number of nitro groups is 1. The molecule has 7 heteroatoms. The largest absolute Gasteiger partial charge is 0.487 e. The van der Waals surface area contributed by atoms with Crippen LogP contribution in [0.2, 0.25) is 0 Å². The molecule has 0 unspecified atom stereocenters. The molecule has 1 aromatic carbocycles. The Kier molecular flexibility index (Phi) is 7.38. The smallest absolute Gasteiger partial charge is 0.311 e. The lowest BCUT2D eigenvalue weighted by Crippen LogP contribution is -2.40. The van der Waals surface area contributed by atoms with Crippen molar-refractivity contribution in [2.75, 3.05) is 32.8 Å². The van der Waals surface area contributed by atoms with Crippen molar-refractivity contribution >= 4 is 11.6 Å². The summed E-state index contributed by atoms with van der Waals surface area (Å²) in [5.74, 6) is 1.33. The Bertz CT molecular complexity index is 625. The number of nitrogens with one attached hydrogen (secondary N) is 1. The molecule has 2 rings (SSSR count). The van der Waals surface area contributed by atoms with Crippen molar-refractivity contribution in [3.63, 3.8) is 0 Å². The molecule has 1 aliphatic rings. The lowest BCUT2D eigenvalue weighted by atomic mass is 9.92. The second-order valence-electron chi connectivity index (χ2n) is 7.19. The number of rotatable bonds is 8. The Hall–Kier alpha value is -2.15. The van der Waals surface area contributed by atoms with E-state index in [1.165, 1.54) is 18.6 Å². The number of hydrogen-bond donors (Lipinski definition) is 1. The number of likely N-dealkylation sites (tertiary alicyclic amines) is 1. The second kappa shape index (κ2) is 9.52. The monoisotopic (exact) mass is 363 g/mol. The molecule has 1 N–H and O–H groups in total. The molecule has 144 valence electrons. The van der Waals surface area contributed by atoms with Gasteiger partial charge < -0.3 is 15.0 Å². The molecule has 7 nitrogen and oxygen atoms in total. The van der Waals surface area contributed by atoms with Crippen LogP contribution in [-0.2, 0) is 0 Å². The number of hydrogen-bond acceptors (Lipinski definition) is 5. The predicted octanol–water partition coefficient (Wildman–Crippen LogP) is 3.09. The highest BCUT2D eigenvalue weighted by Gasteiger charge is 2.21. The SMILES string of the molecule is CCOc1ccc(C(=O)NCCCN2C[C@@H](C)C[C@H](C)C2)cc1[N+](=O)[O-]. The van der Waals surface area contributed by atoms with Gasteiger partial charge in [0.05, 0.1) is 11.5 Å². The zero-order chi connectivity index (χ0) is 19.1. The van der Waals surface area contributed by atoms with E-state index in [-0.39, 0.29) is 22.9 Å². The first-order valence-electron chi connectivity index (χ1n) is 9.32. The van der Waals surface area contributed by atoms with Crippen molar-refractivity contribution in [3.05, 3.63) is 33.9 Å². The van der Waals surface area contributed by atoms with Gasteiger partial charge in [0.15, 0.2) is 5.75 Å². The van der Waals surface area contributed by atoms with Gasteiger partial charge in [-0.25, -0.2) is 0 Å². The summed E-state index contributed by atoms with van der Waals surface area (Å²) in [7, 11) is 0. The molecule has 26 heavy (non-hydrogen) atoms. The van der Waals surface area contributed by atoms with Crippen LogP contribution in [0.3, 0.4) is 0 Å². The number of ether oxygens (including phenoxy) is 1. The Labute approximate surface area is 154 Å². The minimum atomic E-state index is -0.527. The van der Waals surface area contributed by atoms with Gasteiger partial charge in [0.2, 0.25) is 0 Å². The highest BCUT2D eigenvalue weighted by Crippen LogP contribution is 2.28. The predicted molar refractivity (Wildman–Crippen MR) is 101 cm³/mol. The number of carbonyl (C=O) groups is 1. The van der Waals surface area contributed by atoms with Gasteiger partial charge in [-0.2, -0.15) is 0 Å². The van der Waals surface area contributed by atoms with E-state index in [1.54, 1.807) is 13.0 Å². The standard InChI is InChI=1S/C19H29N3O4/c1-4-26-18-7-6-16(11-17(18)22(24)25)19(23)20-8-5-9-21-12-14(2)10-15(3)13-21/h6-7,11,14-15H,4-5,8-10,12-13H2,1-3H3,(H,20,23)/t14-,15-/m0/s1. The highest BCUT2D eigenvalue weighted by molar-refractivity contribution is 5.95. The molecular weight excluding hydrogens is 334 g/mol. The summed E-state index contributed by atoms with van der Waals surface area (Å²) in [6.45, 7) is 10.4. The fourth-order valence-electron chi connectivity index (χ4n) is 3.66. The fraction of sp³-hybridized carbons (Fsp3) is 0.632. The molecule has 1 heterocycles. The van der Waals surface area contributed by atoms with Gasteiger partial charge in [-0.15, -0.1) is 0 Å². The maximum absolute atomic E-state index is 12.3. The van der Waals surface area contributed by atoms with Crippen molar-refractivity contribution in [1.82, 2.24) is 10.2 Å². The van der Waals surface area contributed by atoms with Gasteiger partial charge in [0.1, 0.15) is 0 Å². The molecule has 0 saturated carbocycles. The van der Waals surface area contributed by atoms with Crippen LogP contribution in [-0.4, -0.2) is 48.5 Å². The Morgan fingerprint density at radius 1 is 1.35 bits per heavy atom. The van der Waals surface area contributed by atoms with Crippen LogP contribution in [0.25, 0.3) is 0 Å². The van der Waals surface area contributed by atoms with Gasteiger partial charge >= 0.3 is 5.69 Å². The van der Waals surface area contributed by atoms with Crippen LogP contribution >= 0.6 is 0 Å².